The van der Waals surface area contributed by atoms with Crippen molar-refractivity contribution in [1.82, 2.24) is 5.32 Å². The minimum absolute atomic E-state index is 0.0177. The average Bonchev–Trinajstić information content (AvgIpc) is 2.53. The molecular formula is C17H26N2O3S. The number of nitrogens with two attached hydrogens (primary N) is 1. The first-order valence-corrected chi connectivity index (χ1v) is 9.79. The second kappa shape index (κ2) is 7.93. The smallest absolute Gasteiger partial charge is 0.238 e. The fraction of sp³-hybridized carbons (Fsp3) is 0.588. The highest BCUT2D eigenvalue weighted by atomic mass is 32.2. The molecule has 1 fully saturated rings. The molecule has 23 heavy (non-hydrogen) atoms. The van der Waals surface area contributed by atoms with Crippen LogP contribution in [0.3, 0.4) is 0 Å². The van der Waals surface area contributed by atoms with E-state index in [0.717, 1.165) is 5.56 Å². The highest BCUT2D eigenvalue weighted by molar-refractivity contribution is 7.89. The van der Waals surface area contributed by atoms with E-state index in [-0.39, 0.29) is 10.8 Å². The number of nitrogens with one attached hydrogen (secondary N) is 1. The summed E-state index contributed by atoms with van der Waals surface area (Å²) in [6.07, 6.45) is 6.85. The van der Waals surface area contributed by atoms with Gasteiger partial charge in [-0.3, -0.25) is 4.79 Å². The first-order valence-electron chi connectivity index (χ1n) is 8.24. The number of hydrogen-bond acceptors (Lipinski definition) is 3. The molecule has 1 saturated carbocycles. The summed E-state index contributed by atoms with van der Waals surface area (Å²) in [7, 11) is -3.71. The molecule has 1 aliphatic carbocycles. The van der Waals surface area contributed by atoms with Crippen LogP contribution in [-0.2, 0) is 21.4 Å². The van der Waals surface area contributed by atoms with E-state index in [1.54, 1.807) is 12.1 Å². The first-order chi connectivity index (χ1) is 10.9. The Balaban J connectivity index is 1.84. The van der Waals surface area contributed by atoms with Crippen LogP contribution in [0.1, 0.15) is 51.0 Å². The number of carbonyl (C=O) groups excluding carboxylic acids is 1. The Bertz CT molecular complexity index is 637. The predicted molar refractivity (Wildman–Crippen MR) is 90.0 cm³/mol. The second-order valence-electron chi connectivity index (χ2n) is 6.55. The number of hydrogen-bond donors (Lipinski definition) is 2. The summed E-state index contributed by atoms with van der Waals surface area (Å²) in [5.41, 5.74) is 0.732. The molecule has 0 unspecified atom stereocenters. The first kappa shape index (κ1) is 17.9. The molecule has 0 bridgehead atoms. The Morgan fingerprint density at radius 1 is 1.30 bits per heavy atom. The maximum atomic E-state index is 12.1. The van der Waals surface area contributed by atoms with Gasteiger partial charge in [0.15, 0.2) is 0 Å². The minimum Gasteiger partial charge on any atom is -0.352 e. The second-order valence-corrected chi connectivity index (χ2v) is 8.11. The normalized spacial score (nSPS) is 17.7. The van der Waals surface area contributed by atoms with Gasteiger partial charge in [-0.15, -0.1) is 0 Å². The van der Waals surface area contributed by atoms with Crippen molar-refractivity contribution in [1.29, 1.82) is 0 Å². The van der Waals surface area contributed by atoms with Crippen LogP contribution in [0, 0.1) is 11.8 Å². The van der Waals surface area contributed by atoms with Gasteiger partial charge >= 0.3 is 0 Å². The third-order valence-corrected chi connectivity index (χ3v) is 5.59. The predicted octanol–water partition coefficient (Wildman–Crippen LogP) is 2.56. The summed E-state index contributed by atoms with van der Waals surface area (Å²) in [5, 5.41) is 7.99. The Morgan fingerprint density at radius 3 is 2.65 bits per heavy atom. The van der Waals surface area contributed by atoms with Gasteiger partial charge in [-0.1, -0.05) is 51.2 Å². The van der Waals surface area contributed by atoms with Gasteiger partial charge < -0.3 is 5.32 Å². The SMILES string of the molecule is C[C@H](CC(=O)NCc1cccc(S(N)(=O)=O)c1)C1CCCCC1. The maximum Gasteiger partial charge on any atom is 0.238 e. The number of primary sulfonamides is 1. The molecule has 1 aliphatic rings. The molecule has 128 valence electrons. The van der Waals surface area contributed by atoms with Crippen LogP contribution < -0.4 is 10.5 Å². The standard InChI is InChI=1S/C17H26N2O3S/c1-13(15-7-3-2-4-8-15)10-17(20)19-12-14-6-5-9-16(11-14)23(18,21)22/h5-6,9,11,13,15H,2-4,7-8,10,12H2,1H3,(H,19,20)(H2,18,21,22)/t13-/m1/s1. The quantitative estimate of drug-likeness (QED) is 0.835. The van der Waals surface area contributed by atoms with Gasteiger partial charge in [0.1, 0.15) is 0 Å². The van der Waals surface area contributed by atoms with Gasteiger partial charge in [0.25, 0.3) is 0 Å². The van der Waals surface area contributed by atoms with Crippen LogP contribution in [0.15, 0.2) is 29.2 Å². The molecule has 3 N–H and O–H groups in total. The van der Waals surface area contributed by atoms with Crippen molar-refractivity contribution in [3.05, 3.63) is 29.8 Å². The Kier molecular flexibility index (Phi) is 6.18. The number of carbonyl (C=O) groups is 1. The van der Waals surface area contributed by atoms with Gasteiger partial charge in [-0.25, -0.2) is 13.6 Å². The maximum absolute atomic E-state index is 12.1. The van der Waals surface area contributed by atoms with Crippen LogP contribution in [0.4, 0.5) is 0 Å². The molecule has 5 nitrogen and oxygen atoms in total. The molecule has 0 saturated heterocycles. The van der Waals surface area contributed by atoms with Crippen molar-refractivity contribution >= 4 is 15.9 Å². The number of rotatable bonds is 6. The van der Waals surface area contributed by atoms with Gasteiger partial charge in [-0.2, -0.15) is 0 Å². The molecule has 0 heterocycles. The van der Waals surface area contributed by atoms with E-state index in [1.807, 2.05) is 0 Å². The molecule has 0 radical (unpaired) electrons. The molecule has 1 amide bonds. The Labute approximate surface area is 138 Å². The average molecular weight is 338 g/mol. The third kappa shape index (κ3) is 5.62. The zero-order valence-electron chi connectivity index (χ0n) is 13.6. The Morgan fingerprint density at radius 2 is 2.00 bits per heavy atom. The third-order valence-electron chi connectivity index (χ3n) is 4.68. The van der Waals surface area contributed by atoms with Crippen LogP contribution in [0.5, 0.6) is 0 Å². The van der Waals surface area contributed by atoms with Gasteiger partial charge in [0, 0.05) is 13.0 Å². The molecule has 0 aromatic heterocycles. The van der Waals surface area contributed by atoms with E-state index in [2.05, 4.69) is 12.2 Å². The van der Waals surface area contributed by atoms with E-state index in [1.165, 1.54) is 44.2 Å². The molecular weight excluding hydrogens is 312 g/mol. The summed E-state index contributed by atoms with van der Waals surface area (Å²) < 4.78 is 22.7. The molecule has 0 spiro atoms. The van der Waals surface area contributed by atoms with Crippen LogP contribution >= 0.6 is 0 Å². The number of amides is 1. The number of sulfonamides is 1. The fourth-order valence-electron chi connectivity index (χ4n) is 3.27. The van der Waals surface area contributed by atoms with Crippen molar-refractivity contribution in [2.75, 3.05) is 0 Å². The monoisotopic (exact) mass is 338 g/mol. The van der Waals surface area contributed by atoms with Gasteiger partial charge in [0.2, 0.25) is 15.9 Å². The molecule has 1 atom stereocenters. The molecule has 6 heteroatoms. The summed E-state index contributed by atoms with van der Waals surface area (Å²) in [6.45, 7) is 2.47. The summed E-state index contributed by atoms with van der Waals surface area (Å²) >= 11 is 0. The molecule has 1 aromatic carbocycles. The molecule has 0 aliphatic heterocycles. The van der Waals surface area contributed by atoms with E-state index >= 15 is 0 Å². The van der Waals surface area contributed by atoms with Crippen LogP contribution in [-0.4, -0.2) is 14.3 Å². The zero-order valence-corrected chi connectivity index (χ0v) is 14.4. The van der Waals surface area contributed by atoms with E-state index < -0.39 is 10.0 Å². The van der Waals surface area contributed by atoms with Crippen molar-refractivity contribution in [3.63, 3.8) is 0 Å². The summed E-state index contributed by atoms with van der Waals surface area (Å²) in [6, 6.07) is 6.36. The lowest BCUT2D eigenvalue weighted by Crippen LogP contribution is -2.27. The van der Waals surface area contributed by atoms with Crippen molar-refractivity contribution in [2.45, 2.75) is 56.9 Å². The zero-order chi connectivity index (χ0) is 16.9. The van der Waals surface area contributed by atoms with E-state index in [4.69, 9.17) is 5.14 Å². The lowest BCUT2D eigenvalue weighted by Gasteiger charge is -2.27. The lowest BCUT2D eigenvalue weighted by molar-refractivity contribution is -0.122. The van der Waals surface area contributed by atoms with Crippen molar-refractivity contribution in [2.24, 2.45) is 17.0 Å². The fourth-order valence-corrected chi connectivity index (χ4v) is 3.85. The molecule has 1 aromatic rings. The lowest BCUT2D eigenvalue weighted by atomic mass is 9.79. The summed E-state index contributed by atoms with van der Waals surface area (Å²) in [4.78, 5) is 12.2. The van der Waals surface area contributed by atoms with Crippen LogP contribution in [0.2, 0.25) is 0 Å². The highest BCUT2D eigenvalue weighted by Gasteiger charge is 2.22. The van der Waals surface area contributed by atoms with Crippen LogP contribution in [0.25, 0.3) is 0 Å². The topological polar surface area (TPSA) is 89.3 Å². The van der Waals surface area contributed by atoms with E-state index in [0.29, 0.717) is 24.8 Å². The van der Waals surface area contributed by atoms with Gasteiger partial charge in [0.05, 0.1) is 4.90 Å². The van der Waals surface area contributed by atoms with E-state index in [9.17, 15) is 13.2 Å². The van der Waals surface area contributed by atoms with Crippen molar-refractivity contribution < 1.29 is 13.2 Å². The van der Waals surface area contributed by atoms with Gasteiger partial charge in [-0.05, 0) is 29.5 Å². The minimum atomic E-state index is -3.71. The largest absolute Gasteiger partial charge is 0.352 e. The summed E-state index contributed by atoms with van der Waals surface area (Å²) in [5.74, 6) is 1.07. The number of benzene rings is 1. The molecule has 2 rings (SSSR count). The Hall–Kier alpha value is -1.40. The highest BCUT2D eigenvalue weighted by Crippen LogP contribution is 2.31. The van der Waals surface area contributed by atoms with Crippen molar-refractivity contribution in [3.8, 4) is 0 Å².